The molecule has 1 atom stereocenters. The monoisotopic (exact) mass is 299 g/mol. The third-order valence-electron chi connectivity index (χ3n) is 2.92. The lowest BCUT2D eigenvalue weighted by Gasteiger charge is -2.16. The summed E-state index contributed by atoms with van der Waals surface area (Å²) in [5.74, 6) is 0.213. The maximum absolute atomic E-state index is 12.1. The third kappa shape index (κ3) is 2.74. The molecule has 2 rings (SSSR count). The lowest BCUT2D eigenvalue weighted by molar-refractivity contribution is 0.0354. The molecule has 0 bridgehead atoms. The Balaban J connectivity index is 2.46. The molecule has 0 amide bonds. The number of nitrogens with two attached hydrogens (primary N) is 2. The number of aliphatic hydroxyl groups is 1. The molecule has 0 saturated heterocycles. The molecule has 8 nitrogen and oxygen atoms in total. The molecule has 0 aliphatic rings. The fourth-order valence-corrected chi connectivity index (χ4v) is 2.86. The molecule has 1 unspecified atom stereocenters. The van der Waals surface area contributed by atoms with Crippen LogP contribution in [0.1, 0.15) is 25.5 Å². The van der Waals surface area contributed by atoms with E-state index in [4.69, 9.17) is 21.3 Å². The highest BCUT2D eigenvalue weighted by atomic mass is 32.1. The molecule has 110 valence electrons. The van der Waals surface area contributed by atoms with Gasteiger partial charge in [-0.1, -0.05) is 11.3 Å². The Bertz CT molecular complexity index is 653. The van der Waals surface area contributed by atoms with E-state index < -0.39 is 6.23 Å². The van der Waals surface area contributed by atoms with Gasteiger partial charge in [0.25, 0.3) is 0 Å². The van der Waals surface area contributed by atoms with Crippen LogP contribution in [0.5, 0.6) is 0 Å². The molecule has 0 fully saturated rings. The van der Waals surface area contributed by atoms with Gasteiger partial charge in [0.05, 0.1) is 0 Å². The van der Waals surface area contributed by atoms with E-state index in [1.54, 1.807) is 0 Å². The van der Waals surface area contributed by atoms with Gasteiger partial charge in [-0.05, 0) is 19.3 Å². The van der Waals surface area contributed by atoms with Crippen LogP contribution in [0, 0.1) is 0 Å². The molecular formula is C11H17N5O3S. The predicted octanol–water partition coefficient (Wildman–Crippen LogP) is 0.325. The third-order valence-corrected chi connectivity index (χ3v) is 3.89. The number of hydrogen-bond donors (Lipinski definition) is 3. The van der Waals surface area contributed by atoms with E-state index in [0.717, 1.165) is 17.8 Å². The second-order valence-electron chi connectivity index (χ2n) is 4.27. The summed E-state index contributed by atoms with van der Waals surface area (Å²) in [6, 6.07) is 0. The molecular weight excluding hydrogens is 282 g/mol. The van der Waals surface area contributed by atoms with Crippen LogP contribution in [0.25, 0.3) is 10.3 Å². The average Bonchev–Trinajstić information content (AvgIpc) is 2.72. The van der Waals surface area contributed by atoms with E-state index in [1.165, 1.54) is 11.7 Å². The second-order valence-corrected chi connectivity index (χ2v) is 5.23. The zero-order chi connectivity index (χ0) is 14.7. The van der Waals surface area contributed by atoms with Crippen molar-refractivity contribution in [2.75, 3.05) is 25.2 Å². The number of thiazole rings is 1. The van der Waals surface area contributed by atoms with E-state index in [9.17, 15) is 4.79 Å². The highest BCUT2D eigenvalue weighted by Crippen LogP contribution is 2.26. The lowest BCUT2D eigenvalue weighted by Crippen LogP contribution is -2.22. The zero-order valence-corrected chi connectivity index (χ0v) is 11.9. The summed E-state index contributed by atoms with van der Waals surface area (Å²) in [7, 11) is 1.52. The first-order valence-electron chi connectivity index (χ1n) is 6.16. The normalized spacial score (nSPS) is 12.9. The van der Waals surface area contributed by atoms with Crippen LogP contribution in [0.2, 0.25) is 0 Å². The first-order chi connectivity index (χ1) is 9.58. The van der Waals surface area contributed by atoms with Gasteiger partial charge in [0.2, 0.25) is 5.95 Å². The number of nitrogens with zero attached hydrogens (tertiary/aromatic N) is 3. The highest BCUT2D eigenvalue weighted by Gasteiger charge is 2.20. The largest absolute Gasteiger partial charge is 0.396 e. The van der Waals surface area contributed by atoms with Crippen molar-refractivity contribution in [3.05, 3.63) is 9.67 Å². The van der Waals surface area contributed by atoms with Gasteiger partial charge in [-0.2, -0.15) is 9.97 Å². The van der Waals surface area contributed by atoms with Gasteiger partial charge in [-0.15, -0.1) is 0 Å². The fraction of sp³-hybridized carbons (Fsp3) is 0.545. The number of ether oxygens (including phenoxy) is 1. The molecule has 9 heteroatoms. The number of aromatic nitrogens is 3. The molecule has 2 heterocycles. The maximum Gasteiger partial charge on any atom is 0.311 e. The number of fused-ring (bicyclic) bond motifs is 1. The van der Waals surface area contributed by atoms with Crippen molar-refractivity contribution in [2.45, 2.75) is 25.5 Å². The smallest absolute Gasteiger partial charge is 0.311 e. The van der Waals surface area contributed by atoms with Gasteiger partial charge in [0, 0.05) is 13.7 Å². The van der Waals surface area contributed by atoms with Crippen LogP contribution in [0.4, 0.5) is 11.8 Å². The molecule has 0 saturated carbocycles. The standard InChI is InChI=1S/C11H17N5O3S/c1-19-6(4-2-3-5-17)16-9-7(20-11(16)18)8(12)14-10(13)15-9/h6,17H,2-5H2,1H3,(H4,12,13,14,15). The minimum atomic E-state index is -0.462. The molecule has 0 aliphatic carbocycles. The Labute approximate surface area is 119 Å². The lowest BCUT2D eigenvalue weighted by atomic mass is 10.2. The minimum absolute atomic E-state index is 0.0201. The van der Waals surface area contributed by atoms with Crippen LogP contribution in [0.15, 0.2) is 4.79 Å². The number of methoxy groups -OCH3 is 1. The first kappa shape index (κ1) is 14.7. The van der Waals surface area contributed by atoms with E-state index in [0.29, 0.717) is 23.2 Å². The average molecular weight is 299 g/mol. The summed E-state index contributed by atoms with van der Waals surface area (Å²) in [5.41, 5.74) is 11.7. The van der Waals surface area contributed by atoms with E-state index in [-0.39, 0.29) is 23.2 Å². The van der Waals surface area contributed by atoms with Gasteiger partial charge in [-0.25, -0.2) is 0 Å². The fourth-order valence-electron chi connectivity index (χ4n) is 1.99. The van der Waals surface area contributed by atoms with Gasteiger partial charge in [0.15, 0.2) is 5.65 Å². The topological polar surface area (TPSA) is 129 Å². The number of anilines is 2. The molecule has 2 aromatic heterocycles. The zero-order valence-electron chi connectivity index (χ0n) is 11.1. The maximum atomic E-state index is 12.1. The molecule has 0 spiro atoms. The summed E-state index contributed by atoms with van der Waals surface area (Å²) in [6.45, 7) is 0.109. The molecule has 0 aromatic carbocycles. The number of hydrogen-bond acceptors (Lipinski definition) is 8. The Morgan fingerprint density at radius 2 is 2.15 bits per heavy atom. The quantitative estimate of drug-likeness (QED) is 0.655. The number of nitrogen functional groups attached to an aromatic ring is 2. The summed E-state index contributed by atoms with van der Waals surface area (Å²) in [4.78, 5) is 19.8. The second kappa shape index (κ2) is 6.16. The SMILES string of the molecule is COC(CCCCO)n1c(=O)sc2c(N)nc(N)nc21. The molecule has 5 N–H and O–H groups in total. The van der Waals surface area contributed by atoms with Crippen molar-refractivity contribution in [3.8, 4) is 0 Å². The number of aliphatic hydroxyl groups excluding tert-OH is 1. The van der Waals surface area contributed by atoms with Crippen LogP contribution >= 0.6 is 11.3 Å². The van der Waals surface area contributed by atoms with E-state index >= 15 is 0 Å². The van der Waals surface area contributed by atoms with Crippen molar-refractivity contribution in [2.24, 2.45) is 0 Å². The van der Waals surface area contributed by atoms with Crippen LogP contribution in [0.3, 0.4) is 0 Å². The van der Waals surface area contributed by atoms with Crippen LogP contribution in [-0.4, -0.2) is 33.4 Å². The summed E-state index contributed by atoms with van der Waals surface area (Å²) < 4.78 is 7.30. The van der Waals surface area contributed by atoms with E-state index in [2.05, 4.69) is 9.97 Å². The Hall–Kier alpha value is -1.71. The van der Waals surface area contributed by atoms with Crippen molar-refractivity contribution in [1.29, 1.82) is 0 Å². The highest BCUT2D eigenvalue weighted by molar-refractivity contribution is 7.17. The summed E-state index contributed by atoms with van der Waals surface area (Å²) in [5, 5.41) is 8.82. The van der Waals surface area contributed by atoms with Gasteiger partial charge in [-0.3, -0.25) is 9.36 Å². The Morgan fingerprint density at radius 1 is 1.40 bits per heavy atom. The number of unbranched alkanes of at least 4 members (excludes halogenated alkanes) is 1. The summed E-state index contributed by atoms with van der Waals surface area (Å²) in [6.07, 6.45) is 1.51. The van der Waals surface area contributed by atoms with Gasteiger partial charge >= 0.3 is 4.87 Å². The minimum Gasteiger partial charge on any atom is -0.396 e. The summed E-state index contributed by atoms with van der Waals surface area (Å²) >= 11 is 0.969. The van der Waals surface area contributed by atoms with Gasteiger partial charge < -0.3 is 21.3 Å². The van der Waals surface area contributed by atoms with Crippen LogP contribution in [-0.2, 0) is 4.74 Å². The Kier molecular flexibility index (Phi) is 4.53. The van der Waals surface area contributed by atoms with Crippen molar-refractivity contribution >= 4 is 33.5 Å². The van der Waals surface area contributed by atoms with E-state index in [1.807, 2.05) is 0 Å². The van der Waals surface area contributed by atoms with Crippen molar-refractivity contribution in [1.82, 2.24) is 14.5 Å². The molecule has 0 radical (unpaired) electrons. The van der Waals surface area contributed by atoms with Crippen LogP contribution < -0.4 is 16.3 Å². The molecule has 2 aromatic rings. The molecule has 0 aliphatic heterocycles. The van der Waals surface area contributed by atoms with Gasteiger partial charge in [0.1, 0.15) is 16.7 Å². The number of rotatable bonds is 6. The predicted molar refractivity (Wildman–Crippen MR) is 77.5 cm³/mol. The first-order valence-corrected chi connectivity index (χ1v) is 6.97. The van der Waals surface area contributed by atoms with Crippen molar-refractivity contribution in [3.63, 3.8) is 0 Å². The molecule has 20 heavy (non-hydrogen) atoms. The Morgan fingerprint density at radius 3 is 2.80 bits per heavy atom. The van der Waals surface area contributed by atoms with Crippen molar-refractivity contribution < 1.29 is 9.84 Å².